The first kappa shape index (κ1) is 26.9. The maximum atomic E-state index is 13.1. The van der Waals surface area contributed by atoms with Gasteiger partial charge in [0, 0.05) is 30.7 Å². The summed E-state index contributed by atoms with van der Waals surface area (Å²) in [5.74, 6) is 1.39. The standard InChI is InChI=1S/C28H40N6O3/c1-3-4-9-22(12-10-19(2)7-5-14-29)34-18-25-26(32-28(34)36)31-23-16-20(11-13-24(23)37-25)27(35)33-15-6-8-21(30)17-33/h11,13,16,18,21-22H,2-10,12,14-15,17,29-30H2,1H3,(H,31,32,36). The van der Waals surface area contributed by atoms with Crippen LogP contribution in [0, 0.1) is 0 Å². The summed E-state index contributed by atoms with van der Waals surface area (Å²) in [6.45, 7) is 8.25. The SMILES string of the molecule is C=C(CCCN)CCC(CCCC)n1cc2c(nc1=O)Nc1cc(C(=O)N3CCCC(N)C3)ccc1O2. The second-order valence-corrected chi connectivity index (χ2v) is 10.2. The molecule has 2 atom stereocenters. The lowest BCUT2D eigenvalue weighted by atomic mass is 9.99. The topological polar surface area (TPSA) is 128 Å². The molecule has 3 heterocycles. The van der Waals surface area contributed by atoms with E-state index in [1.807, 2.05) is 0 Å². The molecule has 2 aliphatic heterocycles. The van der Waals surface area contributed by atoms with Crippen molar-refractivity contribution in [2.24, 2.45) is 11.5 Å². The van der Waals surface area contributed by atoms with Gasteiger partial charge in [-0.15, -0.1) is 0 Å². The zero-order chi connectivity index (χ0) is 26.4. The smallest absolute Gasteiger partial charge is 0.350 e. The van der Waals surface area contributed by atoms with Crippen LogP contribution in [0.15, 0.2) is 41.3 Å². The monoisotopic (exact) mass is 508 g/mol. The maximum absolute atomic E-state index is 13.1. The Balaban J connectivity index is 1.51. The molecule has 2 unspecified atom stereocenters. The highest BCUT2D eigenvalue weighted by Gasteiger charge is 2.26. The van der Waals surface area contributed by atoms with E-state index in [-0.39, 0.29) is 23.7 Å². The highest BCUT2D eigenvalue weighted by atomic mass is 16.5. The second kappa shape index (κ2) is 12.4. The van der Waals surface area contributed by atoms with Crippen molar-refractivity contribution in [3.63, 3.8) is 0 Å². The van der Waals surface area contributed by atoms with Gasteiger partial charge in [0.05, 0.1) is 11.9 Å². The van der Waals surface area contributed by atoms with Crippen LogP contribution in [-0.2, 0) is 0 Å². The summed E-state index contributed by atoms with van der Waals surface area (Å²) >= 11 is 0. The van der Waals surface area contributed by atoms with Crippen LogP contribution in [0.3, 0.4) is 0 Å². The number of fused-ring (bicyclic) bond motifs is 2. The van der Waals surface area contributed by atoms with Crippen LogP contribution < -0.4 is 27.2 Å². The number of unbranched alkanes of at least 4 members (excludes halogenated alkanes) is 1. The fourth-order valence-electron chi connectivity index (χ4n) is 5.06. The molecule has 1 aromatic heterocycles. The van der Waals surface area contributed by atoms with Crippen LogP contribution >= 0.6 is 0 Å². The van der Waals surface area contributed by atoms with Crippen molar-refractivity contribution >= 4 is 17.4 Å². The molecule has 1 amide bonds. The Kier molecular flexibility index (Phi) is 9.00. The Morgan fingerprint density at radius 3 is 2.86 bits per heavy atom. The van der Waals surface area contributed by atoms with Gasteiger partial charge in [-0.3, -0.25) is 9.36 Å². The highest BCUT2D eigenvalue weighted by molar-refractivity contribution is 5.96. The number of hydrogen-bond acceptors (Lipinski definition) is 7. The number of rotatable bonds is 11. The molecule has 200 valence electrons. The molecule has 0 bridgehead atoms. The molecular weight excluding hydrogens is 468 g/mol. The lowest BCUT2D eigenvalue weighted by Gasteiger charge is -2.31. The van der Waals surface area contributed by atoms with E-state index in [0.29, 0.717) is 48.2 Å². The van der Waals surface area contributed by atoms with Crippen LogP contribution in [0.5, 0.6) is 11.5 Å². The van der Waals surface area contributed by atoms with E-state index in [1.165, 1.54) is 0 Å². The summed E-state index contributed by atoms with van der Waals surface area (Å²) in [5.41, 5.74) is 13.7. The average molecular weight is 509 g/mol. The number of nitrogens with zero attached hydrogens (tertiary/aromatic N) is 3. The fourth-order valence-corrected chi connectivity index (χ4v) is 5.06. The number of hydrogen-bond donors (Lipinski definition) is 3. The molecular formula is C28H40N6O3. The van der Waals surface area contributed by atoms with E-state index < -0.39 is 0 Å². The van der Waals surface area contributed by atoms with Crippen molar-refractivity contribution < 1.29 is 9.53 Å². The summed E-state index contributed by atoms with van der Waals surface area (Å²) in [6.07, 6.45) is 10.1. The van der Waals surface area contributed by atoms with Gasteiger partial charge in [0.15, 0.2) is 17.3 Å². The number of benzene rings is 1. The van der Waals surface area contributed by atoms with Gasteiger partial charge >= 0.3 is 5.69 Å². The lowest BCUT2D eigenvalue weighted by Crippen LogP contribution is -2.45. The largest absolute Gasteiger partial charge is 0.450 e. The van der Waals surface area contributed by atoms with Crippen LogP contribution in [-0.4, -0.2) is 46.0 Å². The third-order valence-electron chi connectivity index (χ3n) is 7.21. The zero-order valence-electron chi connectivity index (χ0n) is 21.9. The number of anilines is 2. The number of amides is 1. The van der Waals surface area contributed by atoms with Gasteiger partial charge in [-0.1, -0.05) is 31.9 Å². The number of piperidine rings is 1. The molecule has 1 saturated heterocycles. The normalized spacial score (nSPS) is 17.3. The van der Waals surface area contributed by atoms with Crippen LogP contribution in [0.4, 0.5) is 11.5 Å². The number of carbonyl (C=O) groups excluding carboxylic acids is 1. The molecule has 0 spiro atoms. The van der Waals surface area contributed by atoms with Crippen molar-refractivity contribution in [1.29, 1.82) is 0 Å². The van der Waals surface area contributed by atoms with Crippen molar-refractivity contribution in [3.8, 4) is 11.5 Å². The van der Waals surface area contributed by atoms with E-state index in [0.717, 1.165) is 63.4 Å². The molecule has 1 fully saturated rings. The predicted molar refractivity (Wildman–Crippen MR) is 147 cm³/mol. The van der Waals surface area contributed by atoms with Crippen molar-refractivity contribution in [2.75, 3.05) is 25.0 Å². The third kappa shape index (κ3) is 6.59. The molecule has 4 rings (SSSR count). The average Bonchev–Trinajstić information content (AvgIpc) is 2.90. The van der Waals surface area contributed by atoms with Gasteiger partial charge in [-0.2, -0.15) is 4.98 Å². The van der Waals surface area contributed by atoms with Gasteiger partial charge in [0.2, 0.25) is 0 Å². The van der Waals surface area contributed by atoms with Gasteiger partial charge < -0.3 is 26.4 Å². The molecule has 0 radical (unpaired) electrons. The Labute approximate surface area is 218 Å². The van der Waals surface area contributed by atoms with E-state index in [9.17, 15) is 9.59 Å². The van der Waals surface area contributed by atoms with Gasteiger partial charge in [0.25, 0.3) is 5.91 Å². The van der Waals surface area contributed by atoms with Gasteiger partial charge in [0.1, 0.15) is 0 Å². The zero-order valence-corrected chi connectivity index (χ0v) is 21.9. The first-order valence-corrected chi connectivity index (χ1v) is 13.5. The minimum absolute atomic E-state index is 0.0141. The van der Waals surface area contributed by atoms with Crippen LogP contribution in [0.2, 0.25) is 0 Å². The summed E-state index contributed by atoms with van der Waals surface area (Å²) in [4.78, 5) is 32.2. The molecule has 5 N–H and O–H groups in total. The minimum atomic E-state index is -0.318. The van der Waals surface area contributed by atoms with Gasteiger partial charge in [-0.05, 0) is 69.7 Å². The Bertz CT molecular complexity index is 1180. The van der Waals surface area contributed by atoms with Crippen LogP contribution in [0.1, 0.15) is 81.1 Å². The van der Waals surface area contributed by atoms with Gasteiger partial charge in [-0.25, -0.2) is 4.79 Å². The van der Waals surface area contributed by atoms with Crippen LogP contribution in [0.25, 0.3) is 0 Å². The number of likely N-dealkylation sites (tertiary alicyclic amines) is 1. The Morgan fingerprint density at radius 1 is 1.27 bits per heavy atom. The first-order chi connectivity index (χ1) is 17.9. The number of nitrogens with one attached hydrogen (secondary N) is 1. The number of aromatic nitrogens is 2. The summed E-state index contributed by atoms with van der Waals surface area (Å²) in [6, 6.07) is 5.34. The summed E-state index contributed by atoms with van der Waals surface area (Å²) in [5, 5.41) is 3.20. The number of carbonyl (C=O) groups is 1. The fraction of sp³-hybridized carbons (Fsp3) is 0.536. The second-order valence-electron chi connectivity index (χ2n) is 10.2. The third-order valence-corrected chi connectivity index (χ3v) is 7.21. The maximum Gasteiger partial charge on any atom is 0.350 e. The Morgan fingerprint density at radius 2 is 2.11 bits per heavy atom. The molecule has 37 heavy (non-hydrogen) atoms. The number of ether oxygens (including phenoxy) is 1. The lowest BCUT2D eigenvalue weighted by molar-refractivity contribution is 0.0709. The van der Waals surface area contributed by atoms with E-state index in [2.05, 4.69) is 23.8 Å². The van der Waals surface area contributed by atoms with E-state index in [1.54, 1.807) is 33.9 Å². The first-order valence-electron chi connectivity index (χ1n) is 13.5. The summed E-state index contributed by atoms with van der Waals surface area (Å²) in [7, 11) is 0. The number of allylic oxidation sites excluding steroid dienone is 1. The Hall–Kier alpha value is -3.17. The predicted octanol–water partition coefficient (Wildman–Crippen LogP) is 4.46. The molecule has 0 saturated carbocycles. The molecule has 9 heteroatoms. The van der Waals surface area contributed by atoms with Crippen molar-refractivity contribution in [2.45, 2.75) is 76.8 Å². The van der Waals surface area contributed by atoms with E-state index >= 15 is 0 Å². The minimum Gasteiger partial charge on any atom is -0.450 e. The highest BCUT2D eigenvalue weighted by Crippen LogP contribution is 2.41. The van der Waals surface area contributed by atoms with Crippen molar-refractivity contribution in [1.82, 2.24) is 14.5 Å². The van der Waals surface area contributed by atoms with Crippen molar-refractivity contribution in [3.05, 3.63) is 52.6 Å². The molecule has 9 nitrogen and oxygen atoms in total. The quantitative estimate of drug-likeness (QED) is 0.326. The molecule has 2 aliphatic rings. The molecule has 0 aliphatic carbocycles. The summed E-state index contributed by atoms with van der Waals surface area (Å²) < 4.78 is 7.85. The number of nitrogens with two attached hydrogens (primary N) is 2. The molecule has 1 aromatic carbocycles. The molecule has 2 aromatic rings. The van der Waals surface area contributed by atoms with E-state index in [4.69, 9.17) is 16.2 Å².